The number of aromatic nitrogens is 2. The van der Waals surface area contributed by atoms with Crippen LogP contribution in [0, 0.1) is 12.7 Å². The summed E-state index contributed by atoms with van der Waals surface area (Å²) in [6.07, 6.45) is 3.27. The average molecular weight is 448 g/mol. The highest BCUT2D eigenvalue weighted by atomic mass is 32.2. The van der Waals surface area contributed by atoms with Crippen LogP contribution in [0.3, 0.4) is 0 Å². The molecule has 0 atom stereocenters. The highest BCUT2D eigenvalue weighted by Gasteiger charge is 2.31. The maximum absolute atomic E-state index is 14.1. The second kappa shape index (κ2) is 7.13. The second-order valence-electron chi connectivity index (χ2n) is 7.63. The Labute approximate surface area is 183 Å². The van der Waals surface area contributed by atoms with E-state index in [2.05, 4.69) is 4.98 Å². The van der Waals surface area contributed by atoms with E-state index in [0.717, 1.165) is 11.1 Å². The Kier molecular flexibility index (Phi) is 4.49. The number of nitrogens with zero attached hydrogens (tertiary/aromatic N) is 2. The van der Waals surface area contributed by atoms with Gasteiger partial charge in [0.15, 0.2) is 0 Å². The van der Waals surface area contributed by atoms with Crippen LogP contribution in [-0.2, 0) is 21.2 Å². The zero-order valence-electron chi connectivity index (χ0n) is 16.9. The molecule has 1 aliphatic heterocycles. The molecule has 6 nitrogen and oxygen atoms in total. The van der Waals surface area contributed by atoms with Gasteiger partial charge in [0.25, 0.3) is 0 Å². The number of sulfone groups is 1. The van der Waals surface area contributed by atoms with E-state index < -0.39 is 21.6 Å². The summed E-state index contributed by atoms with van der Waals surface area (Å²) in [6.45, 7) is 1.40. The van der Waals surface area contributed by atoms with E-state index in [9.17, 15) is 22.7 Å². The van der Waals surface area contributed by atoms with Gasteiger partial charge < -0.3 is 9.67 Å². The molecular weight excluding hydrogens is 431 g/mol. The third-order valence-electron chi connectivity index (χ3n) is 5.71. The first-order valence-electron chi connectivity index (χ1n) is 9.78. The fraction of sp³-hybridized carbons (Fsp3) is 0.0833. The van der Waals surface area contributed by atoms with Crippen molar-refractivity contribution in [3.05, 3.63) is 89.0 Å². The largest absolute Gasteiger partial charge is 0.480 e. The zero-order valence-corrected chi connectivity index (χ0v) is 17.7. The van der Waals surface area contributed by atoms with Gasteiger partial charge in [-0.25, -0.2) is 12.8 Å². The minimum atomic E-state index is -3.74. The molecule has 2 aromatic heterocycles. The third kappa shape index (κ3) is 3.11. The Morgan fingerprint density at radius 1 is 1.06 bits per heavy atom. The molecule has 0 saturated carbocycles. The molecule has 1 N–H and O–H groups in total. The van der Waals surface area contributed by atoms with Crippen molar-refractivity contribution in [1.29, 1.82) is 0 Å². The van der Waals surface area contributed by atoms with Gasteiger partial charge in [0.1, 0.15) is 12.4 Å². The van der Waals surface area contributed by atoms with Crippen LogP contribution in [0.1, 0.15) is 16.8 Å². The number of benzene rings is 2. The van der Waals surface area contributed by atoms with Gasteiger partial charge in [-0.15, -0.1) is 0 Å². The van der Waals surface area contributed by atoms with E-state index >= 15 is 0 Å². The molecule has 0 saturated heterocycles. The van der Waals surface area contributed by atoms with Crippen LogP contribution in [0.25, 0.3) is 27.6 Å². The number of rotatable bonds is 4. The number of aliphatic carboxylic acids is 1. The lowest BCUT2D eigenvalue weighted by molar-refractivity contribution is -0.137. The fourth-order valence-corrected chi connectivity index (χ4v) is 5.77. The molecule has 160 valence electrons. The number of hydrogen-bond acceptors (Lipinski definition) is 4. The Hall–Kier alpha value is -3.78. The van der Waals surface area contributed by atoms with Gasteiger partial charge in [-0.2, -0.15) is 0 Å². The summed E-state index contributed by atoms with van der Waals surface area (Å²) >= 11 is 0. The number of carboxylic acids is 1. The van der Waals surface area contributed by atoms with Crippen molar-refractivity contribution < 1.29 is 22.7 Å². The predicted molar refractivity (Wildman–Crippen MR) is 118 cm³/mol. The minimum absolute atomic E-state index is 0.164. The molecule has 0 radical (unpaired) electrons. The number of hydrogen-bond donors (Lipinski definition) is 1. The molecule has 0 unspecified atom stereocenters. The number of halogens is 1. The number of pyridine rings is 1. The zero-order chi connectivity index (χ0) is 22.6. The van der Waals surface area contributed by atoms with Gasteiger partial charge in [-0.05, 0) is 54.4 Å². The van der Waals surface area contributed by atoms with Crippen molar-refractivity contribution in [2.75, 3.05) is 0 Å². The molecular formula is C24H17FN2O4S. The highest BCUT2D eigenvalue weighted by Crippen LogP contribution is 2.43. The van der Waals surface area contributed by atoms with Crippen molar-refractivity contribution in [3.8, 4) is 11.1 Å². The quantitative estimate of drug-likeness (QED) is 0.500. The maximum atomic E-state index is 14.1. The SMILES string of the molecule is Cc1c(C2=CS(=O)(=O)c3cc(-c4ccncc4)ccc32)c2cc(F)ccc2n1CC(=O)O. The lowest BCUT2D eigenvalue weighted by atomic mass is 9.95. The van der Waals surface area contributed by atoms with Crippen molar-refractivity contribution in [2.24, 2.45) is 0 Å². The van der Waals surface area contributed by atoms with E-state index in [1.807, 2.05) is 6.07 Å². The van der Waals surface area contributed by atoms with Gasteiger partial charge in [-0.3, -0.25) is 9.78 Å². The van der Waals surface area contributed by atoms with Crippen molar-refractivity contribution in [1.82, 2.24) is 9.55 Å². The van der Waals surface area contributed by atoms with Gasteiger partial charge in [0.2, 0.25) is 9.84 Å². The van der Waals surface area contributed by atoms with E-state index in [1.54, 1.807) is 48.1 Å². The Balaban J connectivity index is 1.75. The summed E-state index contributed by atoms with van der Waals surface area (Å²) in [5.74, 6) is -1.53. The van der Waals surface area contributed by atoms with E-state index in [4.69, 9.17) is 0 Å². The van der Waals surface area contributed by atoms with Gasteiger partial charge in [0, 0.05) is 51.1 Å². The number of fused-ring (bicyclic) bond motifs is 2. The molecule has 1 aliphatic rings. The number of carbonyl (C=O) groups is 1. The van der Waals surface area contributed by atoms with Gasteiger partial charge in [0.05, 0.1) is 4.90 Å². The average Bonchev–Trinajstić information content (AvgIpc) is 3.17. The third-order valence-corrected chi connectivity index (χ3v) is 7.21. The minimum Gasteiger partial charge on any atom is -0.480 e. The summed E-state index contributed by atoms with van der Waals surface area (Å²) in [5, 5.41) is 11.0. The highest BCUT2D eigenvalue weighted by molar-refractivity contribution is 7.95. The van der Waals surface area contributed by atoms with Crippen LogP contribution < -0.4 is 0 Å². The first-order valence-corrected chi connectivity index (χ1v) is 11.3. The molecule has 3 heterocycles. The van der Waals surface area contributed by atoms with E-state index in [-0.39, 0.29) is 11.4 Å². The molecule has 5 rings (SSSR count). The second-order valence-corrected chi connectivity index (χ2v) is 9.39. The monoisotopic (exact) mass is 448 g/mol. The molecule has 0 bridgehead atoms. The van der Waals surface area contributed by atoms with Crippen molar-refractivity contribution >= 4 is 32.3 Å². The summed E-state index contributed by atoms with van der Waals surface area (Å²) in [5.41, 5.74) is 4.10. The normalized spacial score (nSPS) is 14.4. The maximum Gasteiger partial charge on any atom is 0.323 e. The molecule has 0 aliphatic carbocycles. The lowest BCUT2D eigenvalue weighted by Crippen LogP contribution is -2.10. The summed E-state index contributed by atoms with van der Waals surface area (Å²) in [7, 11) is -3.74. The van der Waals surface area contributed by atoms with Crippen LogP contribution in [-0.4, -0.2) is 29.0 Å². The molecule has 32 heavy (non-hydrogen) atoms. The smallest absolute Gasteiger partial charge is 0.323 e. The lowest BCUT2D eigenvalue weighted by Gasteiger charge is -2.09. The first kappa shape index (κ1) is 20.1. The van der Waals surface area contributed by atoms with Crippen molar-refractivity contribution in [2.45, 2.75) is 18.4 Å². The number of carboxylic acid groups (broad SMARTS) is 1. The van der Waals surface area contributed by atoms with Crippen LogP contribution >= 0.6 is 0 Å². The van der Waals surface area contributed by atoms with Crippen molar-refractivity contribution in [3.63, 3.8) is 0 Å². The Bertz CT molecular complexity index is 1550. The molecule has 4 aromatic rings. The van der Waals surface area contributed by atoms with Crippen LogP contribution in [0.15, 0.2) is 71.2 Å². The molecule has 0 amide bonds. The topological polar surface area (TPSA) is 89.3 Å². The summed E-state index contributed by atoms with van der Waals surface area (Å²) < 4.78 is 41.8. The van der Waals surface area contributed by atoms with E-state index in [0.29, 0.717) is 33.3 Å². The predicted octanol–water partition coefficient (Wildman–Crippen LogP) is 4.41. The molecule has 0 spiro atoms. The standard InChI is InChI=1S/C24H17FN2O4S/c1-14-24(19-11-17(25)3-5-21(19)27(14)12-23(28)29)20-13-32(30,31)22-10-16(2-4-18(20)22)15-6-8-26-9-7-15/h2-11,13H,12H2,1H3,(H,28,29). The summed E-state index contributed by atoms with van der Waals surface area (Å²) in [4.78, 5) is 15.6. The van der Waals surface area contributed by atoms with Gasteiger partial charge >= 0.3 is 5.97 Å². The summed E-state index contributed by atoms with van der Waals surface area (Å²) in [6, 6.07) is 12.9. The Morgan fingerprint density at radius 2 is 1.81 bits per heavy atom. The molecule has 8 heteroatoms. The molecule has 2 aromatic carbocycles. The van der Waals surface area contributed by atoms with E-state index in [1.165, 1.54) is 23.6 Å². The fourth-order valence-electron chi connectivity index (χ4n) is 4.31. The van der Waals surface area contributed by atoms with Crippen LogP contribution in [0.2, 0.25) is 0 Å². The van der Waals surface area contributed by atoms with Crippen LogP contribution in [0.4, 0.5) is 4.39 Å². The van der Waals surface area contributed by atoms with Gasteiger partial charge in [-0.1, -0.05) is 12.1 Å². The first-order chi connectivity index (χ1) is 15.3. The Morgan fingerprint density at radius 3 is 2.53 bits per heavy atom. The molecule has 0 fully saturated rings. The van der Waals surface area contributed by atoms with Crippen LogP contribution in [0.5, 0.6) is 0 Å².